The molecule has 1 aromatic carbocycles. The molecule has 1 N–H and O–H groups in total. The standard InChI is InChI=1S/C22H23N3O3/c1-2-24-15-16(17-8-3-4-9-19(17)24)14-18(22(27)25-11-5-6-12-25)23-21(26)20-10-7-13-28-20/h3-4,7-10,13-15H,2,5-6,11-12H2,1H3,(H,23,26)/b18-14-. The van der Waals surface area contributed by atoms with E-state index >= 15 is 0 Å². The second kappa shape index (κ2) is 7.76. The van der Waals surface area contributed by atoms with Gasteiger partial charge in [-0.1, -0.05) is 18.2 Å². The number of benzene rings is 1. The lowest BCUT2D eigenvalue weighted by molar-refractivity contribution is -0.126. The second-order valence-electron chi connectivity index (χ2n) is 6.88. The number of aromatic nitrogens is 1. The molecule has 0 radical (unpaired) electrons. The van der Waals surface area contributed by atoms with Crippen molar-refractivity contribution < 1.29 is 14.0 Å². The molecular formula is C22H23N3O3. The summed E-state index contributed by atoms with van der Waals surface area (Å²) < 4.78 is 7.31. The maximum atomic E-state index is 13.1. The third-order valence-electron chi connectivity index (χ3n) is 5.08. The maximum Gasteiger partial charge on any atom is 0.291 e. The largest absolute Gasteiger partial charge is 0.459 e. The van der Waals surface area contributed by atoms with E-state index in [0.29, 0.717) is 13.1 Å². The number of carbonyl (C=O) groups excluding carboxylic acids is 2. The van der Waals surface area contributed by atoms with Gasteiger partial charge in [0.15, 0.2) is 5.76 Å². The highest BCUT2D eigenvalue weighted by Gasteiger charge is 2.24. The van der Waals surface area contributed by atoms with E-state index < -0.39 is 5.91 Å². The summed E-state index contributed by atoms with van der Waals surface area (Å²) in [6.45, 7) is 4.32. The first kappa shape index (κ1) is 18.1. The van der Waals surface area contributed by atoms with Gasteiger partial charge in [0.2, 0.25) is 0 Å². The Kier molecular flexibility index (Phi) is 5.02. The van der Waals surface area contributed by atoms with Crippen LogP contribution in [0.15, 0.2) is 59.0 Å². The molecule has 6 heteroatoms. The highest BCUT2D eigenvalue weighted by molar-refractivity contribution is 6.06. The first-order chi connectivity index (χ1) is 13.7. The Morgan fingerprint density at radius 1 is 1.14 bits per heavy atom. The van der Waals surface area contributed by atoms with Crippen LogP contribution in [0.5, 0.6) is 0 Å². The van der Waals surface area contributed by atoms with Crippen LogP contribution in [-0.4, -0.2) is 34.4 Å². The van der Waals surface area contributed by atoms with Gasteiger partial charge in [-0.25, -0.2) is 0 Å². The van der Waals surface area contributed by atoms with Crippen molar-refractivity contribution in [2.24, 2.45) is 0 Å². The number of carbonyl (C=O) groups is 2. The molecule has 0 atom stereocenters. The summed E-state index contributed by atoms with van der Waals surface area (Å²) in [6.07, 6.45) is 7.20. The molecule has 0 unspecified atom stereocenters. The maximum absolute atomic E-state index is 13.1. The fraction of sp³-hybridized carbons (Fsp3) is 0.273. The summed E-state index contributed by atoms with van der Waals surface area (Å²) in [5.74, 6) is -0.412. The third kappa shape index (κ3) is 3.45. The van der Waals surface area contributed by atoms with E-state index in [1.807, 2.05) is 24.4 Å². The van der Waals surface area contributed by atoms with Crippen molar-refractivity contribution >= 4 is 28.8 Å². The molecule has 3 heterocycles. The van der Waals surface area contributed by atoms with Crippen molar-refractivity contribution in [3.8, 4) is 0 Å². The molecule has 1 fully saturated rings. The summed E-state index contributed by atoms with van der Waals surface area (Å²) in [7, 11) is 0. The number of hydrogen-bond donors (Lipinski definition) is 1. The SMILES string of the molecule is CCn1cc(/C=C(\NC(=O)c2ccco2)C(=O)N2CCCC2)c2ccccc21. The molecule has 1 aliphatic heterocycles. The number of rotatable bonds is 5. The fourth-order valence-corrected chi connectivity index (χ4v) is 3.64. The average Bonchev–Trinajstić information content (AvgIpc) is 3.47. The van der Waals surface area contributed by atoms with Crippen LogP contribution >= 0.6 is 0 Å². The fourth-order valence-electron chi connectivity index (χ4n) is 3.64. The number of nitrogens with zero attached hydrogens (tertiary/aromatic N) is 2. The highest BCUT2D eigenvalue weighted by atomic mass is 16.3. The van der Waals surface area contributed by atoms with Crippen LogP contribution in [0.25, 0.3) is 17.0 Å². The summed E-state index contributed by atoms with van der Waals surface area (Å²) in [6, 6.07) is 11.3. The summed E-state index contributed by atoms with van der Waals surface area (Å²) >= 11 is 0. The first-order valence-electron chi connectivity index (χ1n) is 9.61. The normalized spacial score (nSPS) is 14.6. The van der Waals surface area contributed by atoms with Crippen molar-refractivity contribution in [2.45, 2.75) is 26.3 Å². The van der Waals surface area contributed by atoms with Crippen molar-refractivity contribution in [1.29, 1.82) is 0 Å². The second-order valence-corrected chi connectivity index (χ2v) is 6.88. The Morgan fingerprint density at radius 3 is 2.64 bits per heavy atom. The Morgan fingerprint density at radius 2 is 1.93 bits per heavy atom. The zero-order valence-electron chi connectivity index (χ0n) is 15.9. The molecule has 0 bridgehead atoms. The monoisotopic (exact) mass is 377 g/mol. The lowest BCUT2D eigenvalue weighted by atomic mass is 10.1. The van der Waals surface area contributed by atoms with Gasteiger partial charge in [0, 0.05) is 42.3 Å². The molecule has 3 aromatic rings. The minimum atomic E-state index is -0.428. The van der Waals surface area contributed by atoms with Crippen LogP contribution in [0, 0.1) is 0 Å². The summed E-state index contributed by atoms with van der Waals surface area (Å²) in [4.78, 5) is 27.4. The van der Waals surface area contributed by atoms with Gasteiger partial charge in [-0.15, -0.1) is 0 Å². The van der Waals surface area contributed by atoms with Gasteiger partial charge < -0.3 is 19.2 Å². The topological polar surface area (TPSA) is 67.5 Å². The Labute approximate surface area is 163 Å². The molecule has 2 aromatic heterocycles. The quantitative estimate of drug-likeness (QED) is 0.690. The molecular weight excluding hydrogens is 354 g/mol. The van der Waals surface area contributed by atoms with E-state index in [4.69, 9.17) is 4.42 Å². The smallest absolute Gasteiger partial charge is 0.291 e. The van der Waals surface area contributed by atoms with Gasteiger partial charge in [0.1, 0.15) is 5.70 Å². The van der Waals surface area contributed by atoms with Crippen LogP contribution in [-0.2, 0) is 11.3 Å². The van der Waals surface area contributed by atoms with Crippen molar-refractivity contribution in [2.75, 3.05) is 13.1 Å². The van der Waals surface area contributed by atoms with Gasteiger partial charge in [-0.2, -0.15) is 0 Å². The molecule has 0 aliphatic carbocycles. The molecule has 2 amide bonds. The Balaban J connectivity index is 1.74. The third-order valence-corrected chi connectivity index (χ3v) is 5.08. The van der Waals surface area contributed by atoms with Crippen LogP contribution in [0.1, 0.15) is 35.9 Å². The van der Waals surface area contributed by atoms with Gasteiger partial charge in [0.05, 0.1) is 6.26 Å². The average molecular weight is 377 g/mol. The van der Waals surface area contributed by atoms with Crippen LogP contribution < -0.4 is 5.32 Å². The number of fused-ring (bicyclic) bond motifs is 1. The van der Waals surface area contributed by atoms with Gasteiger partial charge in [-0.05, 0) is 44.0 Å². The van der Waals surface area contributed by atoms with Crippen molar-refractivity contribution in [3.63, 3.8) is 0 Å². The van der Waals surface area contributed by atoms with E-state index in [9.17, 15) is 9.59 Å². The number of likely N-dealkylation sites (tertiary alicyclic amines) is 1. The lowest BCUT2D eigenvalue weighted by Gasteiger charge is -2.18. The molecule has 1 saturated heterocycles. The summed E-state index contributed by atoms with van der Waals surface area (Å²) in [5.41, 5.74) is 2.27. The molecule has 0 spiro atoms. The minimum Gasteiger partial charge on any atom is -0.459 e. The predicted octanol–water partition coefficient (Wildman–Crippen LogP) is 3.65. The molecule has 4 rings (SSSR count). The first-order valence-corrected chi connectivity index (χ1v) is 9.61. The Hall–Kier alpha value is -3.28. The summed E-state index contributed by atoms with van der Waals surface area (Å²) in [5, 5.41) is 3.81. The van der Waals surface area contributed by atoms with Crippen LogP contribution in [0.3, 0.4) is 0 Å². The highest BCUT2D eigenvalue weighted by Crippen LogP contribution is 2.24. The van der Waals surface area contributed by atoms with Gasteiger partial charge >= 0.3 is 0 Å². The van der Waals surface area contributed by atoms with Gasteiger partial charge in [0.25, 0.3) is 11.8 Å². The number of hydrogen-bond acceptors (Lipinski definition) is 3. The minimum absolute atomic E-state index is 0.161. The Bertz CT molecular complexity index is 1020. The van der Waals surface area contributed by atoms with Crippen molar-refractivity contribution in [1.82, 2.24) is 14.8 Å². The van der Waals surface area contributed by atoms with E-state index in [2.05, 4.69) is 22.9 Å². The number of amides is 2. The number of nitrogens with one attached hydrogen (secondary N) is 1. The van der Waals surface area contributed by atoms with Crippen LogP contribution in [0.2, 0.25) is 0 Å². The molecule has 1 aliphatic rings. The zero-order chi connectivity index (χ0) is 19.5. The van der Waals surface area contributed by atoms with E-state index in [0.717, 1.165) is 35.9 Å². The lowest BCUT2D eigenvalue weighted by Crippen LogP contribution is -2.36. The molecule has 28 heavy (non-hydrogen) atoms. The van der Waals surface area contributed by atoms with Gasteiger partial charge in [-0.3, -0.25) is 9.59 Å². The van der Waals surface area contributed by atoms with Crippen LogP contribution in [0.4, 0.5) is 0 Å². The predicted molar refractivity (Wildman–Crippen MR) is 108 cm³/mol. The molecule has 6 nitrogen and oxygen atoms in total. The molecule has 144 valence electrons. The van der Waals surface area contributed by atoms with E-state index in [1.165, 1.54) is 6.26 Å². The van der Waals surface area contributed by atoms with E-state index in [-0.39, 0.29) is 17.4 Å². The number of aryl methyl sites for hydroxylation is 1. The zero-order valence-corrected chi connectivity index (χ0v) is 15.9. The van der Waals surface area contributed by atoms with Crippen molar-refractivity contribution in [3.05, 3.63) is 65.9 Å². The molecule has 0 saturated carbocycles. The van der Waals surface area contributed by atoms with E-state index in [1.54, 1.807) is 23.1 Å². The number of furan rings is 1. The number of para-hydroxylation sites is 1.